The minimum absolute atomic E-state index is 0.00525. The second-order valence-corrected chi connectivity index (χ2v) is 6.95. The van der Waals surface area contributed by atoms with Gasteiger partial charge < -0.3 is 10.1 Å². The zero-order valence-electron chi connectivity index (χ0n) is 11.0. The van der Waals surface area contributed by atoms with Crippen LogP contribution in [0.5, 0.6) is 0 Å². The van der Waals surface area contributed by atoms with Crippen LogP contribution in [0.25, 0.3) is 0 Å². The van der Waals surface area contributed by atoms with Crippen molar-refractivity contribution in [1.29, 1.82) is 0 Å². The van der Waals surface area contributed by atoms with Crippen molar-refractivity contribution in [1.82, 2.24) is 9.62 Å². The highest BCUT2D eigenvalue weighted by Crippen LogP contribution is 2.13. The topological polar surface area (TPSA) is 58.6 Å². The van der Waals surface area contributed by atoms with E-state index >= 15 is 0 Å². The van der Waals surface area contributed by atoms with Crippen molar-refractivity contribution < 1.29 is 13.2 Å². The first-order chi connectivity index (χ1) is 7.98. The van der Waals surface area contributed by atoms with E-state index < -0.39 is 10.0 Å². The van der Waals surface area contributed by atoms with Crippen molar-refractivity contribution in [2.24, 2.45) is 0 Å². The number of rotatable bonds is 6. The molecule has 2 unspecified atom stereocenters. The highest BCUT2D eigenvalue weighted by molar-refractivity contribution is 7.89. The summed E-state index contributed by atoms with van der Waals surface area (Å²) in [5.41, 5.74) is 0. The third-order valence-electron chi connectivity index (χ3n) is 2.93. The fourth-order valence-electron chi connectivity index (χ4n) is 1.86. The van der Waals surface area contributed by atoms with Gasteiger partial charge in [0, 0.05) is 19.6 Å². The van der Waals surface area contributed by atoms with Gasteiger partial charge in [-0.05, 0) is 26.8 Å². The normalized spacial score (nSPS) is 24.8. The number of hydrogen-bond donors (Lipinski definition) is 1. The van der Waals surface area contributed by atoms with E-state index in [1.807, 2.05) is 6.92 Å². The van der Waals surface area contributed by atoms with Crippen molar-refractivity contribution in [3.05, 3.63) is 0 Å². The molecule has 0 radical (unpaired) electrons. The van der Waals surface area contributed by atoms with Crippen molar-refractivity contribution in [3.8, 4) is 0 Å². The molecule has 102 valence electrons. The molecule has 1 fully saturated rings. The number of ether oxygens (including phenoxy) is 1. The van der Waals surface area contributed by atoms with Gasteiger partial charge in [0.2, 0.25) is 10.0 Å². The molecular weight excluding hydrogens is 240 g/mol. The van der Waals surface area contributed by atoms with Crippen LogP contribution in [0.1, 0.15) is 27.2 Å². The summed E-state index contributed by atoms with van der Waals surface area (Å²) in [5, 5.41) is 2.78. The van der Waals surface area contributed by atoms with Crippen molar-refractivity contribution in [2.75, 3.05) is 32.8 Å². The highest BCUT2D eigenvalue weighted by Gasteiger charge is 2.31. The predicted molar refractivity (Wildman–Crippen MR) is 68.5 cm³/mol. The Morgan fingerprint density at radius 3 is 2.82 bits per heavy atom. The lowest BCUT2D eigenvalue weighted by atomic mass is 10.3. The molecule has 1 heterocycles. The van der Waals surface area contributed by atoms with Gasteiger partial charge in [0.05, 0.1) is 18.0 Å². The largest absolute Gasteiger partial charge is 0.376 e. The molecule has 0 saturated carbocycles. The fourth-order valence-corrected chi connectivity index (χ4v) is 3.44. The Balaban J connectivity index is 2.53. The van der Waals surface area contributed by atoms with E-state index in [0.29, 0.717) is 26.2 Å². The van der Waals surface area contributed by atoms with Crippen LogP contribution in [0.3, 0.4) is 0 Å². The van der Waals surface area contributed by atoms with Crippen molar-refractivity contribution in [2.45, 2.75) is 38.5 Å². The number of sulfonamides is 1. The first-order valence-corrected chi connectivity index (χ1v) is 7.80. The van der Waals surface area contributed by atoms with Crippen molar-refractivity contribution in [3.63, 3.8) is 0 Å². The number of hydrogen-bond acceptors (Lipinski definition) is 4. The van der Waals surface area contributed by atoms with Gasteiger partial charge in [-0.2, -0.15) is 4.31 Å². The molecule has 0 spiro atoms. The lowest BCUT2D eigenvalue weighted by Crippen LogP contribution is -2.49. The van der Waals surface area contributed by atoms with E-state index in [0.717, 1.165) is 13.0 Å². The molecule has 1 aliphatic heterocycles. The molecular formula is C11H24N2O3S. The Morgan fingerprint density at radius 2 is 2.24 bits per heavy atom. The lowest BCUT2D eigenvalue weighted by Gasteiger charge is -2.32. The molecule has 0 aliphatic carbocycles. The molecule has 1 aliphatic rings. The van der Waals surface area contributed by atoms with Gasteiger partial charge in [-0.3, -0.25) is 0 Å². The molecule has 0 aromatic carbocycles. The summed E-state index contributed by atoms with van der Waals surface area (Å²) in [6.45, 7) is 8.55. The first kappa shape index (κ1) is 14.9. The first-order valence-electron chi connectivity index (χ1n) is 6.29. The minimum Gasteiger partial charge on any atom is -0.376 e. The van der Waals surface area contributed by atoms with Crippen LogP contribution in [0, 0.1) is 0 Å². The number of nitrogens with one attached hydrogen (secondary N) is 1. The maximum Gasteiger partial charge on any atom is 0.218 e. The van der Waals surface area contributed by atoms with Gasteiger partial charge in [-0.15, -0.1) is 0 Å². The standard InChI is InChI=1S/C11H24N2O3S/c1-4-5-12-8-11(3)17(14,15)13-6-7-16-10(2)9-13/h10-12H,4-9H2,1-3H3. The van der Waals surface area contributed by atoms with Crippen LogP contribution in [-0.4, -0.2) is 56.9 Å². The second kappa shape index (κ2) is 6.68. The molecule has 0 amide bonds. The van der Waals surface area contributed by atoms with Crippen LogP contribution < -0.4 is 5.32 Å². The molecule has 17 heavy (non-hydrogen) atoms. The van der Waals surface area contributed by atoms with E-state index in [1.165, 1.54) is 0 Å². The van der Waals surface area contributed by atoms with Crippen LogP contribution in [-0.2, 0) is 14.8 Å². The van der Waals surface area contributed by atoms with E-state index in [4.69, 9.17) is 4.74 Å². The average Bonchev–Trinajstić information content (AvgIpc) is 2.29. The van der Waals surface area contributed by atoms with Gasteiger partial charge in [0.15, 0.2) is 0 Å². The molecule has 6 heteroatoms. The Kier molecular flexibility index (Phi) is 5.85. The summed E-state index contributed by atoms with van der Waals surface area (Å²) in [7, 11) is -3.18. The van der Waals surface area contributed by atoms with Gasteiger partial charge in [0.25, 0.3) is 0 Å². The zero-order chi connectivity index (χ0) is 12.9. The zero-order valence-corrected chi connectivity index (χ0v) is 11.8. The Morgan fingerprint density at radius 1 is 1.53 bits per heavy atom. The predicted octanol–water partition coefficient (Wildman–Crippen LogP) is 0.425. The van der Waals surface area contributed by atoms with E-state index in [-0.39, 0.29) is 11.4 Å². The molecule has 0 aromatic rings. The molecule has 0 aromatic heterocycles. The second-order valence-electron chi connectivity index (χ2n) is 4.60. The number of nitrogens with zero attached hydrogens (tertiary/aromatic N) is 1. The molecule has 1 saturated heterocycles. The Bertz CT molecular complexity index is 319. The van der Waals surface area contributed by atoms with Crippen LogP contribution >= 0.6 is 0 Å². The van der Waals surface area contributed by atoms with Crippen LogP contribution in [0.4, 0.5) is 0 Å². The molecule has 1 N–H and O–H groups in total. The van der Waals surface area contributed by atoms with Gasteiger partial charge in [0.1, 0.15) is 0 Å². The third-order valence-corrected chi connectivity index (χ3v) is 5.17. The van der Waals surface area contributed by atoms with Crippen molar-refractivity contribution >= 4 is 10.0 Å². The quantitative estimate of drug-likeness (QED) is 0.707. The monoisotopic (exact) mass is 264 g/mol. The summed E-state index contributed by atoms with van der Waals surface area (Å²) in [6, 6.07) is 0. The van der Waals surface area contributed by atoms with Crippen LogP contribution in [0.2, 0.25) is 0 Å². The van der Waals surface area contributed by atoms with Crippen LogP contribution in [0.15, 0.2) is 0 Å². The number of morpholine rings is 1. The van der Waals surface area contributed by atoms with Gasteiger partial charge in [-0.25, -0.2) is 8.42 Å². The average molecular weight is 264 g/mol. The van der Waals surface area contributed by atoms with Gasteiger partial charge >= 0.3 is 0 Å². The summed E-state index contributed by atoms with van der Waals surface area (Å²) < 4.78 is 31.4. The Hall–Kier alpha value is -0.170. The smallest absolute Gasteiger partial charge is 0.218 e. The van der Waals surface area contributed by atoms with E-state index in [9.17, 15) is 8.42 Å². The summed E-state index contributed by atoms with van der Waals surface area (Å²) >= 11 is 0. The fraction of sp³-hybridized carbons (Fsp3) is 1.00. The molecule has 2 atom stereocenters. The maximum atomic E-state index is 12.3. The minimum atomic E-state index is -3.18. The Labute approximate surface area is 105 Å². The molecule has 0 bridgehead atoms. The summed E-state index contributed by atoms with van der Waals surface area (Å²) in [6.07, 6.45) is 1.01. The lowest BCUT2D eigenvalue weighted by molar-refractivity contribution is 0.00991. The SMILES string of the molecule is CCCNCC(C)S(=O)(=O)N1CCOC(C)C1. The van der Waals surface area contributed by atoms with E-state index in [2.05, 4.69) is 12.2 Å². The highest BCUT2D eigenvalue weighted by atomic mass is 32.2. The maximum absolute atomic E-state index is 12.3. The third kappa shape index (κ3) is 4.21. The van der Waals surface area contributed by atoms with Gasteiger partial charge in [-0.1, -0.05) is 6.92 Å². The van der Waals surface area contributed by atoms with E-state index in [1.54, 1.807) is 11.2 Å². The summed E-state index contributed by atoms with van der Waals surface area (Å²) in [5.74, 6) is 0. The molecule has 1 rings (SSSR count). The molecule has 5 nitrogen and oxygen atoms in total. The summed E-state index contributed by atoms with van der Waals surface area (Å²) in [4.78, 5) is 0.